The minimum atomic E-state index is -0.235. The summed E-state index contributed by atoms with van der Waals surface area (Å²) in [6.07, 6.45) is 3.25. The quantitative estimate of drug-likeness (QED) is 0.629. The molecule has 2 fully saturated rings. The number of aryl methyl sites for hydroxylation is 2. The summed E-state index contributed by atoms with van der Waals surface area (Å²) in [7, 11) is 0. The van der Waals surface area contributed by atoms with Gasteiger partial charge in [0.05, 0.1) is 30.5 Å². The van der Waals surface area contributed by atoms with Gasteiger partial charge >= 0.3 is 0 Å². The summed E-state index contributed by atoms with van der Waals surface area (Å²) in [5, 5.41) is 0.949. The van der Waals surface area contributed by atoms with E-state index in [1.165, 1.54) is 0 Å². The van der Waals surface area contributed by atoms with E-state index in [0.29, 0.717) is 61.3 Å². The minimum absolute atomic E-state index is 0.0744. The Balaban J connectivity index is 1.40. The van der Waals surface area contributed by atoms with Gasteiger partial charge in [0.2, 0.25) is 0 Å². The van der Waals surface area contributed by atoms with Gasteiger partial charge in [-0.05, 0) is 32.8 Å². The molecule has 1 aromatic carbocycles. The Bertz CT molecular complexity index is 1180. The molecule has 3 aromatic rings. The van der Waals surface area contributed by atoms with Gasteiger partial charge in [0.15, 0.2) is 11.6 Å². The molecule has 2 saturated heterocycles. The van der Waals surface area contributed by atoms with E-state index < -0.39 is 0 Å². The molecule has 0 N–H and O–H groups in total. The number of hydrogen-bond donors (Lipinski definition) is 0. The molecule has 8 nitrogen and oxygen atoms in total. The third-order valence-corrected chi connectivity index (χ3v) is 6.38. The van der Waals surface area contributed by atoms with Crippen LogP contribution in [0.15, 0.2) is 34.9 Å². The van der Waals surface area contributed by atoms with Crippen molar-refractivity contribution in [2.45, 2.75) is 32.7 Å². The number of benzene rings is 1. The summed E-state index contributed by atoms with van der Waals surface area (Å²) in [5.74, 6) is 0.722. The Morgan fingerprint density at radius 1 is 1.06 bits per heavy atom. The molecular weight excluding hydrogens is 408 g/mol. The minimum Gasteiger partial charge on any atom is -0.451 e. The van der Waals surface area contributed by atoms with E-state index in [1.807, 2.05) is 38.1 Å². The van der Waals surface area contributed by atoms with Crippen LogP contribution < -0.4 is 0 Å². The van der Waals surface area contributed by atoms with Crippen LogP contribution >= 0.6 is 0 Å². The highest BCUT2D eigenvalue weighted by Crippen LogP contribution is 2.34. The highest BCUT2D eigenvalue weighted by atomic mass is 16.5. The molecule has 0 unspecified atom stereocenters. The largest absolute Gasteiger partial charge is 0.451 e. The number of likely N-dealkylation sites (tertiary alicyclic amines) is 1. The standard InChI is InChI=1S/C24H26N4O4/c1-15-17-6-3-4-8-20(17)32-21(15)24(30)28-9-5-7-19(28)22-25-14-18(16(2)26-22)23(29)27-10-12-31-13-11-27/h3-4,6,8,14,19H,5,7,9-13H2,1-2H3/t19-/m1/s1. The van der Waals surface area contributed by atoms with Gasteiger partial charge in [-0.2, -0.15) is 0 Å². The van der Waals surface area contributed by atoms with Gasteiger partial charge in [0, 0.05) is 36.8 Å². The summed E-state index contributed by atoms with van der Waals surface area (Å²) in [5.41, 5.74) is 2.69. The summed E-state index contributed by atoms with van der Waals surface area (Å²) < 4.78 is 11.2. The van der Waals surface area contributed by atoms with E-state index in [-0.39, 0.29) is 17.9 Å². The van der Waals surface area contributed by atoms with Crippen LogP contribution in [0, 0.1) is 13.8 Å². The fraction of sp³-hybridized carbons (Fsp3) is 0.417. The highest BCUT2D eigenvalue weighted by Gasteiger charge is 2.35. The molecule has 32 heavy (non-hydrogen) atoms. The predicted octanol–water partition coefficient (Wildman–Crippen LogP) is 3.29. The van der Waals surface area contributed by atoms with E-state index in [9.17, 15) is 9.59 Å². The van der Waals surface area contributed by atoms with Crippen molar-refractivity contribution in [2.75, 3.05) is 32.8 Å². The first kappa shape index (κ1) is 20.6. The second-order valence-corrected chi connectivity index (χ2v) is 8.34. The number of furan rings is 1. The number of aromatic nitrogens is 2. The molecule has 2 aliphatic rings. The third kappa shape index (κ3) is 3.54. The van der Waals surface area contributed by atoms with Crippen LogP contribution in [-0.4, -0.2) is 64.4 Å². The van der Waals surface area contributed by atoms with Gasteiger partial charge in [0.25, 0.3) is 11.8 Å². The Labute approximate surface area is 186 Å². The maximum atomic E-state index is 13.4. The number of hydrogen-bond acceptors (Lipinski definition) is 6. The van der Waals surface area contributed by atoms with Crippen molar-refractivity contribution >= 4 is 22.8 Å². The lowest BCUT2D eigenvalue weighted by molar-refractivity contribution is 0.0301. The maximum absolute atomic E-state index is 13.4. The lowest BCUT2D eigenvalue weighted by Gasteiger charge is -2.27. The zero-order chi connectivity index (χ0) is 22.2. The molecule has 1 atom stereocenters. The van der Waals surface area contributed by atoms with E-state index in [4.69, 9.17) is 9.15 Å². The summed E-state index contributed by atoms with van der Waals surface area (Å²) in [4.78, 5) is 39.0. The number of para-hydroxylation sites is 1. The second kappa shape index (κ2) is 8.35. The molecule has 0 radical (unpaired) electrons. The first-order valence-electron chi connectivity index (χ1n) is 11.0. The van der Waals surface area contributed by atoms with Crippen molar-refractivity contribution in [1.29, 1.82) is 0 Å². The molecule has 0 spiro atoms. The molecule has 2 aliphatic heterocycles. The van der Waals surface area contributed by atoms with Crippen LogP contribution in [-0.2, 0) is 4.74 Å². The smallest absolute Gasteiger partial charge is 0.290 e. The van der Waals surface area contributed by atoms with E-state index in [2.05, 4.69) is 9.97 Å². The molecule has 4 heterocycles. The summed E-state index contributed by atoms with van der Waals surface area (Å²) in [6.45, 7) is 6.59. The average molecular weight is 434 g/mol. The van der Waals surface area contributed by atoms with Crippen LogP contribution in [0.25, 0.3) is 11.0 Å². The third-order valence-electron chi connectivity index (χ3n) is 6.38. The first-order valence-corrected chi connectivity index (χ1v) is 11.0. The van der Waals surface area contributed by atoms with Crippen molar-refractivity contribution in [3.05, 3.63) is 58.9 Å². The Hall–Kier alpha value is -3.26. The van der Waals surface area contributed by atoms with Crippen molar-refractivity contribution in [2.24, 2.45) is 0 Å². The maximum Gasteiger partial charge on any atom is 0.290 e. The SMILES string of the molecule is Cc1nc([C@H]2CCCN2C(=O)c2oc3ccccc3c2C)ncc1C(=O)N1CCOCC1. The van der Waals surface area contributed by atoms with Crippen LogP contribution in [0.4, 0.5) is 0 Å². The van der Waals surface area contributed by atoms with Crippen molar-refractivity contribution in [1.82, 2.24) is 19.8 Å². The molecule has 0 bridgehead atoms. The fourth-order valence-electron chi connectivity index (χ4n) is 4.58. The van der Waals surface area contributed by atoms with Crippen molar-refractivity contribution < 1.29 is 18.7 Å². The number of amides is 2. The Morgan fingerprint density at radius 2 is 1.84 bits per heavy atom. The van der Waals surface area contributed by atoms with Gasteiger partial charge in [-0.25, -0.2) is 9.97 Å². The van der Waals surface area contributed by atoms with Gasteiger partial charge in [-0.1, -0.05) is 18.2 Å². The first-order chi connectivity index (χ1) is 15.5. The van der Waals surface area contributed by atoms with Crippen LogP contribution in [0.2, 0.25) is 0 Å². The zero-order valence-corrected chi connectivity index (χ0v) is 18.3. The van der Waals surface area contributed by atoms with Gasteiger partial charge in [-0.3, -0.25) is 9.59 Å². The van der Waals surface area contributed by atoms with E-state index >= 15 is 0 Å². The predicted molar refractivity (Wildman–Crippen MR) is 117 cm³/mol. The number of nitrogens with zero attached hydrogens (tertiary/aromatic N) is 4. The molecule has 166 valence electrons. The summed E-state index contributed by atoms with van der Waals surface area (Å²) in [6, 6.07) is 7.43. The number of ether oxygens (including phenoxy) is 1. The highest BCUT2D eigenvalue weighted by molar-refractivity contribution is 5.99. The van der Waals surface area contributed by atoms with E-state index in [1.54, 1.807) is 16.0 Å². The normalized spacial score (nSPS) is 19.0. The molecule has 2 aromatic heterocycles. The summed E-state index contributed by atoms with van der Waals surface area (Å²) >= 11 is 0. The van der Waals surface area contributed by atoms with Gasteiger partial charge in [0.1, 0.15) is 5.58 Å². The lowest BCUT2D eigenvalue weighted by Crippen LogP contribution is -2.41. The van der Waals surface area contributed by atoms with Crippen molar-refractivity contribution in [3.8, 4) is 0 Å². The number of carbonyl (C=O) groups is 2. The van der Waals surface area contributed by atoms with Crippen molar-refractivity contribution in [3.63, 3.8) is 0 Å². The van der Waals surface area contributed by atoms with Crippen LogP contribution in [0.5, 0.6) is 0 Å². The lowest BCUT2D eigenvalue weighted by atomic mass is 10.1. The monoisotopic (exact) mass is 434 g/mol. The van der Waals surface area contributed by atoms with Gasteiger partial charge < -0.3 is 19.0 Å². The second-order valence-electron chi connectivity index (χ2n) is 8.34. The number of fused-ring (bicyclic) bond motifs is 1. The molecule has 2 amide bonds. The Kier molecular flexibility index (Phi) is 5.38. The molecule has 0 aliphatic carbocycles. The number of rotatable bonds is 3. The van der Waals surface area contributed by atoms with E-state index in [0.717, 1.165) is 23.8 Å². The van der Waals surface area contributed by atoms with Gasteiger partial charge in [-0.15, -0.1) is 0 Å². The average Bonchev–Trinajstić information content (AvgIpc) is 3.44. The topological polar surface area (TPSA) is 88.8 Å². The van der Waals surface area contributed by atoms with Crippen LogP contribution in [0.3, 0.4) is 0 Å². The zero-order valence-electron chi connectivity index (χ0n) is 18.3. The molecule has 8 heteroatoms. The number of carbonyl (C=O) groups excluding carboxylic acids is 2. The van der Waals surface area contributed by atoms with Crippen LogP contribution in [0.1, 0.15) is 56.9 Å². The molecule has 0 saturated carbocycles. The Morgan fingerprint density at radius 3 is 2.59 bits per heavy atom. The molecular formula is C24H26N4O4. The number of morpholine rings is 1. The fourth-order valence-corrected chi connectivity index (χ4v) is 4.58. The molecule has 5 rings (SSSR count).